The highest BCUT2D eigenvalue weighted by atomic mass is 32.1. The second-order valence-corrected chi connectivity index (χ2v) is 5.85. The number of para-hydroxylation sites is 1. The Morgan fingerprint density at radius 2 is 2.05 bits per heavy atom. The fraction of sp³-hybridized carbons (Fsp3) is 0.375. The Morgan fingerprint density at radius 1 is 1.25 bits per heavy atom. The summed E-state index contributed by atoms with van der Waals surface area (Å²) in [6, 6.07) is 12.2. The summed E-state index contributed by atoms with van der Waals surface area (Å²) in [5, 5.41) is 15.3. The number of aryl methyl sites for hydroxylation is 1. The maximum Gasteiger partial charge on any atom is 0.122 e. The topological polar surface area (TPSA) is 41.5 Å². The lowest BCUT2D eigenvalue weighted by Gasteiger charge is -2.17. The molecule has 0 bridgehead atoms. The molecule has 0 saturated carbocycles. The van der Waals surface area contributed by atoms with Crippen LogP contribution in [0.4, 0.5) is 0 Å². The second-order valence-electron chi connectivity index (χ2n) is 4.88. The first-order valence-electron chi connectivity index (χ1n) is 6.80. The van der Waals surface area contributed by atoms with E-state index in [-0.39, 0.29) is 6.04 Å². The summed E-state index contributed by atoms with van der Waals surface area (Å²) in [6.45, 7) is 4.92. The van der Waals surface area contributed by atoms with Crippen LogP contribution in [-0.4, -0.2) is 24.4 Å². The third kappa shape index (κ3) is 4.34. The van der Waals surface area contributed by atoms with Gasteiger partial charge in [-0.1, -0.05) is 24.3 Å². The minimum absolute atomic E-state index is 0.253. The minimum Gasteiger partial charge on any atom is -0.491 e. The number of hydrogen-bond acceptors (Lipinski definition) is 4. The fourth-order valence-corrected chi connectivity index (χ4v) is 2.67. The first-order valence-corrected chi connectivity index (χ1v) is 7.68. The number of aliphatic hydroxyl groups excluding tert-OH is 1. The number of hydrogen-bond donors (Lipinski definition) is 2. The number of nitrogens with one attached hydrogen (secondary N) is 1. The molecule has 0 radical (unpaired) electrons. The molecule has 108 valence electrons. The van der Waals surface area contributed by atoms with E-state index in [9.17, 15) is 5.11 Å². The highest BCUT2D eigenvalue weighted by Crippen LogP contribution is 2.18. The second kappa shape index (κ2) is 7.43. The molecule has 0 aliphatic rings. The summed E-state index contributed by atoms with van der Waals surface area (Å²) in [7, 11) is 0. The molecular weight excluding hydrogens is 270 g/mol. The predicted molar refractivity (Wildman–Crippen MR) is 83.4 cm³/mol. The van der Waals surface area contributed by atoms with Gasteiger partial charge >= 0.3 is 0 Å². The molecule has 3 nitrogen and oxygen atoms in total. The Morgan fingerprint density at radius 3 is 2.75 bits per heavy atom. The molecular formula is C16H21NO2S. The lowest BCUT2D eigenvalue weighted by Crippen LogP contribution is -2.32. The van der Waals surface area contributed by atoms with Gasteiger partial charge in [0.25, 0.3) is 0 Å². The minimum atomic E-state index is -0.517. The highest BCUT2D eigenvalue weighted by molar-refractivity contribution is 7.10. The maximum absolute atomic E-state index is 9.96. The van der Waals surface area contributed by atoms with Crippen molar-refractivity contribution in [1.29, 1.82) is 0 Å². The number of thiophene rings is 1. The monoisotopic (exact) mass is 291 g/mol. The molecule has 0 aliphatic carbocycles. The standard InChI is InChI=1S/C16H21NO2S/c1-12-6-3-4-7-15(12)19-11-14(18)10-17-13(2)16-8-5-9-20-16/h3-9,13-14,17-18H,10-11H2,1-2H3/t13-,14?/m0/s1. The van der Waals surface area contributed by atoms with Gasteiger partial charge in [0.1, 0.15) is 18.5 Å². The fourth-order valence-electron chi connectivity index (χ4n) is 1.91. The van der Waals surface area contributed by atoms with Crippen LogP contribution in [0, 0.1) is 6.92 Å². The largest absolute Gasteiger partial charge is 0.491 e. The molecule has 20 heavy (non-hydrogen) atoms. The molecule has 0 aliphatic heterocycles. The van der Waals surface area contributed by atoms with E-state index in [1.54, 1.807) is 11.3 Å². The van der Waals surface area contributed by atoms with Crippen LogP contribution >= 0.6 is 11.3 Å². The highest BCUT2D eigenvalue weighted by Gasteiger charge is 2.10. The Hall–Kier alpha value is -1.36. The van der Waals surface area contributed by atoms with Crippen molar-refractivity contribution in [3.63, 3.8) is 0 Å². The number of benzene rings is 1. The Balaban J connectivity index is 1.73. The maximum atomic E-state index is 9.96. The van der Waals surface area contributed by atoms with Gasteiger partial charge in [0.05, 0.1) is 0 Å². The van der Waals surface area contributed by atoms with Crippen LogP contribution in [0.1, 0.15) is 23.4 Å². The lowest BCUT2D eigenvalue weighted by atomic mass is 10.2. The molecule has 1 aromatic carbocycles. The summed E-state index contributed by atoms with van der Waals surface area (Å²) < 4.78 is 5.63. The van der Waals surface area contributed by atoms with Crippen molar-refractivity contribution in [3.05, 3.63) is 52.2 Å². The number of rotatable bonds is 7. The molecule has 0 fully saturated rings. The van der Waals surface area contributed by atoms with E-state index >= 15 is 0 Å². The van der Waals surface area contributed by atoms with Gasteiger partial charge in [-0.25, -0.2) is 0 Å². The molecule has 0 amide bonds. The van der Waals surface area contributed by atoms with Gasteiger partial charge in [0, 0.05) is 17.5 Å². The average molecular weight is 291 g/mol. The first kappa shape index (κ1) is 15.0. The Kier molecular flexibility index (Phi) is 5.59. The van der Waals surface area contributed by atoms with Gasteiger partial charge in [-0.05, 0) is 36.9 Å². The van der Waals surface area contributed by atoms with E-state index in [0.29, 0.717) is 13.2 Å². The van der Waals surface area contributed by atoms with Crippen molar-refractivity contribution >= 4 is 11.3 Å². The predicted octanol–water partition coefficient (Wildman–Crippen LogP) is 3.15. The van der Waals surface area contributed by atoms with Gasteiger partial charge < -0.3 is 15.2 Å². The first-order chi connectivity index (χ1) is 9.66. The van der Waals surface area contributed by atoms with Crippen LogP contribution in [0.5, 0.6) is 5.75 Å². The smallest absolute Gasteiger partial charge is 0.122 e. The summed E-state index contributed by atoms with van der Waals surface area (Å²) in [4.78, 5) is 1.28. The van der Waals surface area contributed by atoms with Gasteiger partial charge in [-0.3, -0.25) is 0 Å². The van der Waals surface area contributed by atoms with Crippen molar-refractivity contribution in [1.82, 2.24) is 5.32 Å². The van der Waals surface area contributed by atoms with Crippen LogP contribution < -0.4 is 10.1 Å². The molecule has 4 heteroatoms. The van der Waals surface area contributed by atoms with Crippen molar-refractivity contribution in [3.8, 4) is 5.75 Å². The molecule has 2 atom stereocenters. The van der Waals surface area contributed by atoms with E-state index < -0.39 is 6.10 Å². The molecule has 0 saturated heterocycles. The summed E-state index contributed by atoms with van der Waals surface area (Å²) >= 11 is 1.72. The zero-order valence-electron chi connectivity index (χ0n) is 11.9. The van der Waals surface area contributed by atoms with Gasteiger partial charge in [-0.15, -0.1) is 11.3 Å². The molecule has 2 rings (SSSR count). The zero-order valence-corrected chi connectivity index (χ0v) is 12.7. The van der Waals surface area contributed by atoms with E-state index in [1.165, 1.54) is 4.88 Å². The normalized spacial score (nSPS) is 13.9. The van der Waals surface area contributed by atoms with Crippen LogP contribution in [0.15, 0.2) is 41.8 Å². The third-order valence-corrected chi connectivity index (χ3v) is 4.21. The summed E-state index contributed by atoms with van der Waals surface area (Å²) in [6.07, 6.45) is -0.517. The Bertz CT molecular complexity index is 513. The van der Waals surface area contributed by atoms with Crippen LogP contribution in [-0.2, 0) is 0 Å². The van der Waals surface area contributed by atoms with Crippen LogP contribution in [0.2, 0.25) is 0 Å². The lowest BCUT2D eigenvalue weighted by molar-refractivity contribution is 0.104. The SMILES string of the molecule is Cc1ccccc1OCC(O)CN[C@@H](C)c1cccs1. The van der Waals surface area contributed by atoms with Gasteiger partial charge in [0.2, 0.25) is 0 Å². The van der Waals surface area contributed by atoms with E-state index in [1.807, 2.05) is 37.3 Å². The van der Waals surface area contributed by atoms with E-state index in [0.717, 1.165) is 11.3 Å². The number of aliphatic hydroxyl groups is 1. The van der Waals surface area contributed by atoms with Crippen molar-refractivity contribution in [2.75, 3.05) is 13.2 Å². The quantitative estimate of drug-likeness (QED) is 0.823. The summed E-state index contributed by atoms with van der Waals surface area (Å²) in [5.41, 5.74) is 1.08. The molecule has 1 unspecified atom stereocenters. The molecule has 1 aromatic heterocycles. The molecule has 1 heterocycles. The van der Waals surface area contributed by atoms with Crippen LogP contribution in [0.3, 0.4) is 0 Å². The number of ether oxygens (including phenoxy) is 1. The van der Waals surface area contributed by atoms with Crippen LogP contribution in [0.25, 0.3) is 0 Å². The van der Waals surface area contributed by atoms with Crippen molar-refractivity contribution in [2.24, 2.45) is 0 Å². The molecule has 2 N–H and O–H groups in total. The van der Waals surface area contributed by atoms with Gasteiger partial charge in [-0.2, -0.15) is 0 Å². The van der Waals surface area contributed by atoms with Gasteiger partial charge in [0.15, 0.2) is 0 Å². The average Bonchev–Trinajstić information content (AvgIpc) is 2.98. The van der Waals surface area contributed by atoms with Crippen molar-refractivity contribution in [2.45, 2.75) is 26.0 Å². The zero-order chi connectivity index (χ0) is 14.4. The molecule has 0 spiro atoms. The van der Waals surface area contributed by atoms with E-state index in [2.05, 4.69) is 23.7 Å². The summed E-state index contributed by atoms with van der Waals surface area (Å²) in [5.74, 6) is 0.831. The Labute approximate surface area is 124 Å². The molecule has 2 aromatic rings. The third-order valence-electron chi connectivity index (χ3n) is 3.15. The van der Waals surface area contributed by atoms with Crippen molar-refractivity contribution < 1.29 is 9.84 Å². The van der Waals surface area contributed by atoms with E-state index in [4.69, 9.17) is 4.74 Å².